The van der Waals surface area contributed by atoms with Crippen molar-refractivity contribution in [1.82, 2.24) is 0 Å². The van der Waals surface area contributed by atoms with E-state index in [-0.39, 0.29) is 23.3 Å². The molecule has 5 rings (SSSR count). The maximum atomic E-state index is 14.7. The average molecular weight is 438 g/mol. The molecule has 0 atom stereocenters. The van der Waals surface area contributed by atoms with Crippen LogP contribution in [0.3, 0.4) is 0 Å². The third kappa shape index (κ3) is 3.03. The summed E-state index contributed by atoms with van der Waals surface area (Å²) in [6, 6.07) is 3.02. The number of rotatable bonds is 4. The predicted octanol–water partition coefficient (Wildman–Crippen LogP) is 4.33. The fraction of sp³-hybridized carbons (Fsp3) is 0.368. The van der Waals surface area contributed by atoms with Gasteiger partial charge in [0.2, 0.25) is 0 Å². The summed E-state index contributed by atoms with van der Waals surface area (Å²) in [7, 11) is 0. The number of aryl methyl sites for hydroxylation is 1. The summed E-state index contributed by atoms with van der Waals surface area (Å²) < 4.78 is 117. The van der Waals surface area contributed by atoms with Gasteiger partial charge < -0.3 is 18.9 Å². The molecule has 0 amide bonds. The lowest BCUT2D eigenvalue weighted by Crippen LogP contribution is -2.70. The molecule has 11 heteroatoms. The van der Waals surface area contributed by atoms with Gasteiger partial charge in [0, 0.05) is 17.7 Å². The van der Waals surface area contributed by atoms with Gasteiger partial charge in [0.15, 0.2) is 29.1 Å². The molecule has 2 bridgehead atoms. The first-order chi connectivity index (χ1) is 14.0. The van der Waals surface area contributed by atoms with Crippen LogP contribution >= 0.6 is 0 Å². The van der Waals surface area contributed by atoms with Crippen LogP contribution in [0.1, 0.15) is 11.1 Å². The molecule has 3 fully saturated rings. The van der Waals surface area contributed by atoms with Gasteiger partial charge in [0.25, 0.3) is 0 Å². The van der Waals surface area contributed by atoms with Crippen LogP contribution in [-0.4, -0.2) is 31.9 Å². The quantitative estimate of drug-likeness (QED) is 0.526. The third-order valence-corrected chi connectivity index (χ3v) is 5.02. The Bertz CT molecular complexity index is 963. The summed E-state index contributed by atoms with van der Waals surface area (Å²) in [4.78, 5) is 0. The van der Waals surface area contributed by atoms with E-state index < -0.39 is 72.2 Å². The zero-order chi connectivity index (χ0) is 21.9. The van der Waals surface area contributed by atoms with E-state index in [4.69, 9.17) is 14.2 Å². The van der Waals surface area contributed by atoms with E-state index in [9.17, 15) is 30.7 Å². The van der Waals surface area contributed by atoms with E-state index in [0.717, 1.165) is 0 Å². The lowest BCUT2D eigenvalue weighted by Gasteiger charge is -2.52. The van der Waals surface area contributed by atoms with E-state index >= 15 is 0 Å². The van der Waals surface area contributed by atoms with Crippen LogP contribution < -0.4 is 4.74 Å². The van der Waals surface area contributed by atoms with Gasteiger partial charge in [-0.25, -0.2) is 22.0 Å². The molecule has 0 aromatic heterocycles. The van der Waals surface area contributed by atoms with Crippen molar-refractivity contribution in [3.8, 4) is 5.75 Å². The predicted molar refractivity (Wildman–Crippen MR) is 85.3 cm³/mol. The zero-order valence-corrected chi connectivity index (χ0v) is 15.2. The van der Waals surface area contributed by atoms with E-state index in [1.807, 2.05) is 0 Å². The maximum absolute atomic E-state index is 14.7. The lowest BCUT2D eigenvalue weighted by atomic mass is 9.80. The summed E-state index contributed by atoms with van der Waals surface area (Å²) in [6.45, 7) is -0.276. The number of fused-ring (bicyclic) bond motifs is 3. The van der Waals surface area contributed by atoms with E-state index in [1.165, 1.54) is 19.1 Å². The Morgan fingerprint density at radius 3 is 1.90 bits per heavy atom. The first kappa shape index (κ1) is 20.9. The fourth-order valence-electron chi connectivity index (χ4n) is 3.29. The molecular weight excluding hydrogens is 425 g/mol. The molecule has 3 saturated heterocycles. The Kier molecular flexibility index (Phi) is 4.75. The molecule has 0 saturated carbocycles. The van der Waals surface area contributed by atoms with E-state index in [2.05, 4.69) is 4.74 Å². The molecule has 0 radical (unpaired) electrons. The number of hydrogen-bond acceptors (Lipinski definition) is 4. The van der Waals surface area contributed by atoms with Crippen LogP contribution in [0.15, 0.2) is 24.3 Å². The highest BCUT2D eigenvalue weighted by Crippen LogP contribution is 2.48. The van der Waals surface area contributed by atoms with E-state index in [1.54, 1.807) is 0 Å². The smallest absolute Gasteiger partial charge is 0.426 e. The molecule has 3 heterocycles. The van der Waals surface area contributed by atoms with Gasteiger partial charge in [-0.3, -0.25) is 0 Å². The minimum atomic E-state index is -4.44. The number of alkyl halides is 2. The maximum Gasteiger partial charge on any atom is 0.484 e. The van der Waals surface area contributed by atoms with Gasteiger partial charge in [0.1, 0.15) is 5.75 Å². The minimum Gasteiger partial charge on any atom is -0.426 e. The second-order valence-corrected chi connectivity index (χ2v) is 7.08. The highest BCUT2D eigenvalue weighted by Gasteiger charge is 2.69. The second-order valence-electron chi connectivity index (χ2n) is 7.08. The lowest BCUT2D eigenvalue weighted by molar-refractivity contribution is -0.539. The van der Waals surface area contributed by atoms with Crippen molar-refractivity contribution in [2.24, 2.45) is 0 Å². The van der Waals surface area contributed by atoms with Crippen molar-refractivity contribution in [2.75, 3.05) is 19.8 Å². The van der Waals surface area contributed by atoms with Crippen LogP contribution in [-0.2, 0) is 19.6 Å². The van der Waals surface area contributed by atoms with E-state index in [0.29, 0.717) is 0 Å². The highest BCUT2D eigenvalue weighted by atomic mass is 19.3. The topological polar surface area (TPSA) is 36.9 Å². The molecule has 2 aromatic carbocycles. The molecule has 3 aliphatic rings. The van der Waals surface area contributed by atoms with Gasteiger partial charge in [-0.05, 0) is 12.5 Å². The first-order valence-electron chi connectivity index (χ1n) is 8.59. The molecule has 0 N–H and O–H groups in total. The van der Waals surface area contributed by atoms with Crippen LogP contribution in [0.25, 0.3) is 0 Å². The standard InChI is InChI=1S/C19H13F7O4/c1-9-2-3-11(15(23)14(9)22)17-6-27-19(28-7-17,29-8-17)18(25,26)30-10-4-12(20)16(24)13(21)5-10/h2-5H,6-8H2,1H3. The largest absolute Gasteiger partial charge is 0.484 e. The summed E-state index contributed by atoms with van der Waals surface area (Å²) in [5.41, 5.74) is -1.52. The number of benzene rings is 2. The summed E-state index contributed by atoms with van der Waals surface area (Å²) >= 11 is 0. The third-order valence-electron chi connectivity index (χ3n) is 5.02. The number of hydrogen-bond donors (Lipinski definition) is 0. The normalized spacial score (nSPS) is 26.1. The van der Waals surface area contributed by atoms with Crippen molar-refractivity contribution in [3.63, 3.8) is 0 Å². The highest BCUT2D eigenvalue weighted by molar-refractivity contribution is 5.34. The fourth-order valence-corrected chi connectivity index (χ4v) is 3.29. The minimum absolute atomic E-state index is 0.0510. The van der Waals surface area contributed by atoms with Gasteiger partial charge in [-0.1, -0.05) is 12.1 Å². The monoisotopic (exact) mass is 438 g/mol. The van der Waals surface area contributed by atoms with Crippen LogP contribution in [0.2, 0.25) is 0 Å². The molecule has 30 heavy (non-hydrogen) atoms. The van der Waals surface area contributed by atoms with Gasteiger partial charge in [-0.2, -0.15) is 8.78 Å². The zero-order valence-electron chi connectivity index (χ0n) is 15.2. The molecule has 162 valence electrons. The Balaban J connectivity index is 1.58. The first-order valence-corrected chi connectivity index (χ1v) is 8.59. The van der Waals surface area contributed by atoms with Crippen LogP contribution in [0.5, 0.6) is 5.75 Å². The molecule has 2 aromatic rings. The molecule has 3 aliphatic heterocycles. The van der Waals surface area contributed by atoms with Crippen molar-refractivity contribution in [3.05, 3.63) is 64.5 Å². The van der Waals surface area contributed by atoms with Crippen LogP contribution in [0.4, 0.5) is 30.7 Å². The van der Waals surface area contributed by atoms with Crippen molar-refractivity contribution in [2.45, 2.75) is 24.4 Å². The summed E-state index contributed by atoms with van der Waals surface area (Å²) in [6.07, 6.45) is -4.44. The van der Waals surface area contributed by atoms with Gasteiger partial charge >= 0.3 is 12.1 Å². The number of ether oxygens (including phenoxy) is 4. The van der Waals surface area contributed by atoms with Gasteiger partial charge in [-0.15, -0.1) is 0 Å². The van der Waals surface area contributed by atoms with Gasteiger partial charge in [0.05, 0.1) is 25.2 Å². The Hall–Kier alpha value is -2.37. The van der Waals surface area contributed by atoms with Crippen LogP contribution in [0, 0.1) is 36.0 Å². The molecular formula is C19H13F7O4. The SMILES string of the molecule is Cc1ccc(C23COC(C(F)(F)Oc4cc(F)c(F)c(F)c4)(OC2)OC3)c(F)c1F. The second kappa shape index (κ2) is 6.82. The number of halogens is 7. The summed E-state index contributed by atoms with van der Waals surface area (Å²) in [5, 5.41) is 0. The Labute approximate surface area is 165 Å². The summed E-state index contributed by atoms with van der Waals surface area (Å²) in [5.74, 6) is -11.8. The molecule has 0 aliphatic carbocycles. The van der Waals surface area contributed by atoms with Crippen molar-refractivity contribution >= 4 is 0 Å². The Morgan fingerprint density at radius 1 is 0.833 bits per heavy atom. The average Bonchev–Trinajstić information content (AvgIpc) is 2.71. The van der Waals surface area contributed by atoms with Crippen molar-refractivity contribution < 1.29 is 49.7 Å². The Morgan fingerprint density at radius 2 is 1.37 bits per heavy atom. The van der Waals surface area contributed by atoms with Crippen molar-refractivity contribution in [1.29, 1.82) is 0 Å². The molecule has 0 spiro atoms. The molecule has 0 unspecified atom stereocenters. The molecule has 4 nitrogen and oxygen atoms in total.